The first kappa shape index (κ1) is 16.1. The van der Waals surface area contributed by atoms with Crippen molar-refractivity contribution >= 4 is 9.68 Å². The molecule has 0 aliphatic carbocycles. The predicted octanol–water partition coefficient (Wildman–Crippen LogP) is 1.20. The van der Waals surface area contributed by atoms with E-state index in [4.69, 9.17) is 0 Å². The highest BCUT2D eigenvalue weighted by molar-refractivity contribution is 6.32. The fourth-order valence-electron chi connectivity index (χ4n) is 1.61. The number of hydrogen-bond donors (Lipinski definition) is 3. The van der Waals surface area contributed by atoms with E-state index in [0.29, 0.717) is 18.2 Å². The van der Waals surface area contributed by atoms with Gasteiger partial charge in [0.05, 0.1) is 15.8 Å². The molecule has 0 heterocycles. The van der Waals surface area contributed by atoms with Crippen molar-refractivity contribution in [2.24, 2.45) is 0 Å². The molecule has 0 aliphatic heterocycles. The van der Waals surface area contributed by atoms with Crippen LogP contribution < -0.4 is 15.6 Å². The highest BCUT2D eigenvalue weighted by Crippen LogP contribution is 1.99. The maximum atomic E-state index is 3.66. The summed E-state index contributed by atoms with van der Waals surface area (Å²) in [6.07, 6.45) is 0.460. The minimum absolute atomic E-state index is 0.201. The minimum atomic E-state index is -0.201. The molecule has 0 aromatic rings. The average molecular weight is 245 g/mol. The molecule has 0 fully saturated rings. The second kappa shape index (κ2) is 7.43. The second-order valence-corrected chi connectivity index (χ2v) is 7.59. The highest BCUT2D eigenvalue weighted by Gasteiger charge is 2.13. The van der Waals surface area contributed by atoms with Crippen molar-refractivity contribution in [1.82, 2.24) is 15.6 Å². The lowest BCUT2D eigenvalue weighted by Gasteiger charge is -2.27. The molecule has 0 aromatic carbocycles. The van der Waals surface area contributed by atoms with E-state index in [2.05, 4.69) is 64.1 Å². The molecule has 0 rings (SSSR count). The van der Waals surface area contributed by atoms with Gasteiger partial charge in [0.25, 0.3) is 0 Å². The first-order chi connectivity index (χ1) is 7.20. The Kier molecular flexibility index (Phi) is 7.47. The molecule has 4 heteroatoms. The van der Waals surface area contributed by atoms with Crippen LogP contribution in [0.2, 0.25) is 6.04 Å². The maximum Gasteiger partial charge on any atom is 0.0950 e. The summed E-state index contributed by atoms with van der Waals surface area (Å²) in [6, 6.07) is 2.33. The van der Waals surface area contributed by atoms with Crippen LogP contribution in [-0.2, 0) is 0 Å². The van der Waals surface area contributed by atoms with Gasteiger partial charge < -0.3 is 4.98 Å². The van der Waals surface area contributed by atoms with Crippen LogP contribution in [0.3, 0.4) is 0 Å². The normalized spacial score (nSPS) is 13.9. The van der Waals surface area contributed by atoms with Gasteiger partial charge in [-0.25, -0.2) is 0 Å². The molecule has 0 aliphatic rings. The summed E-state index contributed by atoms with van der Waals surface area (Å²) in [6.45, 7) is 15.5. The van der Waals surface area contributed by atoms with Gasteiger partial charge in [0, 0.05) is 17.6 Å². The van der Waals surface area contributed by atoms with Crippen molar-refractivity contribution in [2.75, 3.05) is 0 Å². The summed E-state index contributed by atoms with van der Waals surface area (Å²) in [5.74, 6) is 0. The van der Waals surface area contributed by atoms with E-state index in [1.54, 1.807) is 0 Å². The van der Waals surface area contributed by atoms with Gasteiger partial charge in [-0.1, -0.05) is 0 Å². The molecule has 0 aromatic heterocycles. The molecule has 98 valence electrons. The van der Waals surface area contributed by atoms with E-state index in [1.807, 2.05) is 0 Å². The summed E-state index contributed by atoms with van der Waals surface area (Å²) in [5.41, 5.74) is 0.270. The van der Waals surface area contributed by atoms with Gasteiger partial charge >= 0.3 is 0 Å². The molecule has 0 spiro atoms. The lowest BCUT2D eigenvalue weighted by Crippen LogP contribution is -2.50. The zero-order valence-corrected chi connectivity index (χ0v) is 13.6. The molecule has 0 unspecified atom stereocenters. The zero-order chi connectivity index (χ0) is 12.8. The van der Waals surface area contributed by atoms with E-state index in [1.165, 1.54) is 6.04 Å². The molecule has 3 nitrogen and oxygen atoms in total. The van der Waals surface area contributed by atoms with Crippen LogP contribution in [0.15, 0.2) is 0 Å². The van der Waals surface area contributed by atoms with Gasteiger partial charge in [-0.15, -0.1) is 0 Å². The summed E-state index contributed by atoms with van der Waals surface area (Å²) in [7, 11) is -0.201. The van der Waals surface area contributed by atoms with Crippen LogP contribution in [0.25, 0.3) is 0 Å². The van der Waals surface area contributed by atoms with Gasteiger partial charge in [0.1, 0.15) is 0 Å². The van der Waals surface area contributed by atoms with Gasteiger partial charge in [0.2, 0.25) is 0 Å². The summed E-state index contributed by atoms with van der Waals surface area (Å²) < 4.78 is 0. The third-order valence-electron chi connectivity index (χ3n) is 2.16. The Balaban J connectivity index is 3.92. The quantitative estimate of drug-likeness (QED) is 0.466. The topological polar surface area (TPSA) is 36.1 Å². The molecule has 3 N–H and O–H groups in total. The molecule has 16 heavy (non-hydrogen) atoms. The molecule has 0 amide bonds. The van der Waals surface area contributed by atoms with E-state index in [-0.39, 0.29) is 15.2 Å². The fourth-order valence-corrected chi connectivity index (χ4v) is 3.13. The summed E-state index contributed by atoms with van der Waals surface area (Å²) >= 11 is 0. The monoisotopic (exact) mass is 245 g/mol. The van der Waals surface area contributed by atoms with Gasteiger partial charge in [-0.2, -0.15) is 0 Å². The van der Waals surface area contributed by atoms with E-state index < -0.39 is 0 Å². The third kappa shape index (κ3) is 10.6. The SMILES string of the molecule is CC(C)NC(C[SiH2]NC(C)(C)C)NC(C)C. The lowest BCUT2D eigenvalue weighted by molar-refractivity contribution is 0.386. The van der Waals surface area contributed by atoms with E-state index in [0.717, 1.165) is 0 Å². The molecule has 0 saturated heterocycles. The molecule has 0 radical (unpaired) electrons. The van der Waals surface area contributed by atoms with Crippen LogP contribution in [0.4, 0.5) is 0 Å². The van der Waals surface area contributed by atoms with Gasteiger partial charge in [-0.05, 0) is 54.5 Å². The Bertz CT molecular complexity index is 166. The molecule has 0 bridgehead atoms. The standard InChI is InChI=1S/C12H31N3Si/c1-9(2)13-11(14-10(3)4)8-16-15-12(5,6)7/h9-11,13-15H,8,16H2,1-7H3. The van der Waals surface area contributed by atoms with Crippen molar-refractivity contribution in [3.63, 3.8) is 0 Å². The average Bonchev–Trinajstić information content (AvgIpc) is 1.98. The smallest absolute Gasteiger partial charge is 0.0950 e. The number of hydrogen-bond acceptors (Lipinski definition) is 3. The molecule has 0 saturated carbocycles. The Morgan fingerprint density at radius 2 is 1.38 bits per heavy atom. The van der Waals surface area contributed by atoms with Crippen LogP contribution in [0, 0.1) is 0 Å². The van der Waals surface area contributed by atoms with Crippen LogP contribution in [0.5, 0.6) is 0 Å². The zero-order valence-electron chi connectivity index (χ0n) is 12.1. The third-order valence-corrected chi connectivity index (χ3v) is 4.33. The van der Waals surface area contributed by atoms with Crippen molar-refractivity contribution < 1.29 is 0 Å². The van der Waals surface area contributed by atoms with Crippen molar-refractivity contribution in [1.29, 1.82) is 0 Å². The minimum Gasteiger partial charge on any atom is -0.338 e. The summed E-state index contributed by atoms with van der Waals surface area (Å²) in [4.78, 5) is 3.66. The number of rotatable bonds is 7. The van der Waals surface area contributed by atoms with Crippen LogP contribution in [-0.4, -0.2) is 33.5 Å². The summed E-state index contributed by atoms with van der Waals surface area (Å²) in [5, 5.41) is 7.16. The molecular weight excluding hydrogens is 214 g/mol. The predicted molar refractivity (Wildman–Crippen MR) is 76.6 cm³/mol. The van der Waals surface area contributed by atoms with Crippen LogP contribution in [0.1, 0.15) is 48.5 Å². The highest BCUT2D eigenvalue weighted by atomic mass is 28.2. The molecule has 0 atom stereocenters. The van der Waals surface area contributed by atoms with Crippen molar-refractivity contribution in [3.8, 4) is 0 Å². The second-order valence-electron chi connectivity index (χ2n) is 6.16. The van der Waals surface area contributed by atoms with Gasteiger partial charge in [0.15, 0.2) is 0 Å². The van der Waals surface area contributed by atoms with Crippen molar-refractivity contribution in [3.05, 3.63) is 0 Å². The Morgan fingerprint density at radius 1 is 0.938 bits per heavy atom. The van der Waals surface area contributed by atoms with Gasteiger partial charge in [-0.3, -0.25) is 10.6 Å². The van der Waals surface area contributed by atoms with E-state index >= 15 is 0 Å². The Morgan fingerprint density at radius 3 is 1.69 bits per heavy atom. The lowest BCUT2D eigenvalue weighted by atomic mass is 10.1. The first-order valence-corrected chi connectivity index (χ1v) is 8.18. The largest absolute Gasteiger partial charge is 0.338 e. The Labute approximate surface area is 104 Å². The Hall–Kier alpha value is 0.0969. The maximum absolute atomic E-state index is 3.66. The first-order valence-electron chi connectivity index (χ1n) is 6.48. The van der Waals surface area contributed by atoms with Crippen molar-refractivity contribution in [2.45, 2.75) is 78.3 Å². The fraction of sp³-hybridized carbons (Fsp3) is 1.00. The van der Waals surface area contributed by atoms with E-state index in [9.17, 15) is 0 Å². The number of nitrogens with one attached hydrogen (secondary N) is 3. The van der Waals surface area contributed by atoms with Crippen LogP contribution >= 0.6 is 0 Å². The molecular formula is C12H31N3Si.